The van der Waals surface area contributed by atoms with E-state index in [1.165, 1.54) is 23.5 Å². The number of methoxy groups -OCH3 is 2. The van der Waals surface area contributed by atoms with Crippen LogP contribution >= 0.6 is 23.5 Å². The second kappa shape index (κ2) is 16.3. The molecule has 2 fully saturated rings. The average Bonchev–Trinajstić information content (AvgIpc) is 3.68. The van der Waals surface area contributed by atoms with Crippen LogP contribution in [0, 0.1) is 0 Å². The van der Waals surface area contributed by atoms with E-state index in [-0.39, 0.29) is 5.91 Å². The quantitative estimate of drug-likeness (QED) is 0.142. The van der Waals surface area contributed by atoms with E-state index in [2.05, 4.69) is 4.99 Å². The molecule has 1 atom stereocenters. The third-order valence-electron chi connectivity index (χ3n) is 8.42. The highest BCUT2D eigenvalue weighted by atomic mass is 32.2. The molecule has 0 bridgehead atoms. The Bertz CT molecular complexity index is 2200. The van der Waals surface area contributed by atoms with Gasteiger partial charge in [0.2, 0.25) is 0 Å². The number of aliphatic imine (C=N–C) groups is 2. The third-order valence-corrected chi connectivity index (χ3v) is 10.5. The number of aliphatic hydroxyl groups excluding tert-OH is 1. The minimum atomic E-state index is -0.883. The van der Waals surface area contributed by atoms with Gasteiger partial charge in [-0.3, -0.25) is 19.6 Å². The summed E-state index contributed by atoms with van der Waals surface area (Å²) >= 11 is 2.77. The van der Waals surface area contributed by atoms with Crippen LogP contribution in [0.15, 0.2) is 147 Å². The first-order valence-electron chi connectivity index (χ1n) is 16.7. The summed E-state index contributed by atoms with van der Waals surface area (Å²) in [6.07, 6.45) is 2.95. The number of carbonyl (C=O) groups is 1. The largest absolute Gasteiger partial charge is 0.497 e. The minimum Gasteiger partial charge on any atom is -0.497 e. The van der Waals surface area contributed by atoms with Crippen molar-refractivity contribution in [1.29, 1.82) is 0 Å². The van der Waals surface area contributed by atoms with Crippen LogP contribution in [0.2, 0.25) is 0 Å². The molecule has 1 N–H and O–H groups in total. The second-order valence-corrected chi connectivity index (χ2v) is 13.9. The van der Waals surface area contributed by atoms with E-state index in [1.54, 1.807) is 26.2 Å². The Morgan fingerprint density at radius 3 is 1.98 bits per heavy atom. The zero-order valence-electron chi connectivity index (χ0n) is 29.2. The Balaban J connectivity index is 1.05. The molecule has 53 heavy (non-hydrogen) atoms. The number of amides is 1. The number of hydrogen-bond acceptors (Lipinski definition) is 9. The Morgan fingerprint density at radius 2 is 1.34 bits per heavy atom. The summed E-state index contributed by atoms with van der Waals surface area (Å²) in [6.45, 7) is 0.317. The van der Waals surface area contributed by atoms with Gasteiger partial charge in [-0.15, -0.1) is 0 Å². The normalized spacial score (nSPS) is 18.8. The number of anilines is 2. The molecular formula is C42H36N4O5S2. The smallest absolute Gasteiger partial charge is 0.271 e. The minimum absolute atomic E-state index is 0.139. The van der Waals surface area contributed by atoms with Crippen molar-refractivity contribution < 1.29 is 24.1 Å². The Kier molecular flexibility index (Phi) is 11.0. The van der Waals surface area contributed by atoms with Crippen molar-refractivity contribution in [3.05, 3.63) is 154 Å². The second-order valence-electron chi connectivity index (χ2n) is 11.9. The lowest BCUT2D eigenvalue weighted by Crippen LogP contribution is -2.33. The summed E-state index contributed by atoms with van der Waals surface area (Å²) in [6, 6.07) is 40.1. The maximum absolute atomic E-state index is 13.7. The van der Waals surface area contributed by atoms with Gasteiger partial charge in [0.1, 0.15) is 23.9 Å². The number of aliphatic hydroxyl groups is 1. The Hall–Kier alpha value is -5.75. The van der Waals surface area contributed by atoms with Gasteiger partial charge in [0.25, 0.3) is 5.91 Å². The standard InChI is InChI=1S/C42H36N4O5S2/c1-43-41-46(40(48)37(52-41)25-28-12-18-34(49-2)19-13-28)33-11-7-8-30(24-33)27-51-36-22-16-31(17-23-36)44-42-45(32-9-5-4-6-10-32)39(47)38(53-42)26-29-14-20-35(50-3)21-15-29/h4-26,40,48H,27H2,1-3H3/b37-25-,38-26-,43-41-,44-42-. The number of nitrogens with zero attached hydrogens (tertiary/aromatic N) is 4. The zero-order valence-corrected chi connectivity index (χ0v) is 30.9. The van der Waals surface area contributed by atoms with Crippen molar-refractivity contribution in [1.82, 2.24) is 0 Å². The Morgan fingerprint density at radius 1 is 0.717 bits per heavy atom. The fourth-order valence-corrected chi connectivity index (χ4v) is 7.72. The molecule has 1 unspecified atom stereocenters. The number of hydrogen-bond donors (Lipinski definition) is 1. The first-order chi connectivity index (χ1) is 25.9. The van der Waals surface area contributed by atoms with Crippen LogP contribution in [0.25, 0.3) is 12.2 Å². The highest BCUT2D eigenvalue weighted by Gasteiger charge is 2.35. The predicted octanol–water partition coefficient (Wildman–Crippen LogP) is 8.99. The molecule has 11 heteroatoms. The highest BCUT2D eigenvalue weighted by molar-refractivity contribution is 8.19. The third kappa shape index (κ3) is 8.18. The molecule has 0 aliphatic carbocycles. The lowest BCUT2D eigenvalue weighted by molar-refractivity contribution is -0.113. The van der Waals surface area contributed by atoms with Crippen LogP contribution in [0.5, 0.6) is 17.2 Å². The van der Waals surface area contributed by atoms with Crippen molar-refractivity contribution in [2.24, 2.45) is 9.98 Å². The van der Waals surface area contributed by atoms with E-state index >= 15 is 0 Å². The van der Waals surface area contributed by atoms with E-state index in [0.29, 0.717) is 33.3 Å². The lowest BCUT2D eigenvalue weighted by Gasteiger charge is -2.22. The number of para-hydroxylation sites is 1. The van der Waals surface area contributed by atoms with Gasteiger partial charge >= 0.3 is 0 Å². The number of carbonyl (C=O) groups excluding carboxylic acids is 1. The summed E-state index contributed by atoms with van der Waals surface area (Å²) < 4.78 is 16.7. The van der Waals surface area contributed by atoms with Gasteiger partial charge in [-0.2, -0.15) is 0 Å². The van der Waals surface area contributed by atoms with Gasteiger partial charge in [0, 0.05) is 17.6 Å². The predicted molar refractivity (Wildman–Crippen MR) is 217 cm³/mol. The fourth-order valence-electron chi connectivity index (χ4n) is 5.71. The van der Waals surface area contributed by atoms with Crippen molar-refractivity contribution >= 4 is 69.0 Å². The average molecular weight is 741 g/mol. The summed E-state index contributed by atoms with van der Waals surface area (Å²) in [7, 11) is 4.98. The molecule has 2 heterocycles. The molecule has 0 saturated carbocycles. The summed E-state index contributed by atoms with van der Waals surface area (Å²) in [5.41, 5.74) is 5.02. The molecule has 0 radical (unpaired) electrons. The first kappa shape index (κ1) is 35.6. The van der Waals surface area contributed by atoms with E-state index in [9.17, 15) is 9.90 Å². The molecule has 9 nitrogen and oxygen atoms in total. The molecule has 266 valence electrons. The van der Waals surface area contributed by atoms with Crippen LogP contribution in [-0.2, 0) is 11.4 Å². The van der Waals surface area contributed by atoms with Gasteiger partial charge in [-0.1, -0.05) is 66.4 Å². The van der Waals surface area contributed by atoms with Crippen LogP contribution in [0.3, 0.4) is 0 Å². The van der Waals surface area contributed by atoms with E-state index in [0.717, 1.165) is 44.5 Å². The number of ether oxygens (including phenoxy) is 3. The summed E-state index contributed by atoms with van der Waals surface area (Å²) in [5, 5.41) is 12.6. The van der Waals surface area contributed by atoms with Crippen molar-refractivity contribution in [2.75, 3.05) is 31.1 Å². The van der Waals surface area contributed by atoms with Crippen molar-refractivity contribution in [3.8, 4) is 17.2 Å². The van der Waals surface area contributed by atoms with E-state index < -0.39 is 6.23 Å². The summed E-state index contributed by atoms with van der Waals surface area (Å²) in [4.78, 5) is 27.8. The number of thioether (sulfide) groups is 2. The van der Waals surface area contributed by atoms with Crippen LogP contribution < -0.4 is 24.0 Å². The van der Waals surface area contributed by atoms with Gasteiger partial charge in [-0.05, 0) is 113 Å². The molecular weight excluding hydrogens is 705 g/mol. The van der Waals surface area contributed by atoms with Gasteiger partial charge in [-0.25, -0.2) is 4.99 Å². The molecule has 2 aliphatic rings. The topological polar surface area (TPSA) is 96.2 Å². The molecule has 7 rings (SSSR count). The lowest BCUT2D eigenvalue weighted by atomic mass is 10.1. The number of rotatable bonds is 10. The van der Waals surface area contributed by atoms with E-state index in [1.807, 2.05) is 144 Å². The van der Waals surface area contributed by atoms with Gasteiger partial charge in [0.05, 0.1) is 30.5 Å². The molecule has 5 aromatic carbocycles. The number of amidine groups is 2. The maximum atomic E-state index is 13.7. The maximum Gasteiger partial charge on any atom is 0.271 e. The molecule has 2 aliphatic heterocycles. The highest BCUT2D eigenvalue weighted by Crippen LogP contribution is 2.40. The van der Waals surface area contributed by atoms with Crippen LogP contribution in [0.4, 0.5) is 17.1 Å². The Labute approximate surface area is 317 Å². The van der Waals surface area contributed by atoms with Crippen molar-refractivity contribution in [2.45, 2.75) is 12.8 Å². The SMILES string of the molecule is C/N=C1\S/C(=C\c2ccc(OC)cc2)C(O)N1c1cccc(COc2ccc(/N=C3\S/C(=C\c4ccc(OC)cc4)C(=O)N3c3ccccc3)cc2)c1. The van der Waals surface area contributed by atoms with Crippen molar-refractivity contribution in [3.63, 3.8) is 0 Å². The molecule has 0 spiro atoms. The molecule has 5 aromatic rings. The van der Waals surface area contributed by atoms with Crippen LogP contribution in [-0.4, -0.2) is 48.8 Å². The number of benzene rings is 5. The fraction of sp³-hybridized carbons (Fsp3) is 0.119. The molecule has 2 saturated heterocycles. The van der Waals surface area contributed by atoms with E-state index in [4.69, 9.17) is 19.2 Å². The zero-order chi connectivity index (χ0) is 36.7. The molecule has 1 amide bonds. The first-order valence-corrected chi connectivity index (χ1v) is 18.4. The summed E-state index contributed by atoms with van der Waals surface area (Å²) in [5.74, 6) is 2.06. The van der Waals surface area contributed by atoms with Gasteiger partial charge < -0.3 is 19.3 Å². The van der Waals surface area contributed by atoms with Gasteiger partial charge in [0.15, 0.2) is 16.6 Å². The molecule has 0 aromatic heterocycles. The van der Waals surface area contributed by atoms with Crippen LogP contribution in [0.1, 0.15) is 16.7 Å². The monoisotopic (exact) mass is 740 g/mol.